The van der Waals surface area contributed by atoms with Crippen molar-refractivity contribution in [2.45, 2.75) is 51.6 Å². The largest absolute Gasteiger partial charge is 0.493 e. The number of piperidine rings is 1. The molecule has 2 aliphatic heterocycles. The third-order valence-electron chi connectivity index (χ3n) is 5.40. The normalized spacial score (nSPS) is 30.8. The lowest BCUT2D eigenvalue weighted by Gasteiger charge is -2.46. The molecule has 1 N–H and O–H groups in total. The first-order valence-electron chi connectivity index (χ1n) is 12.2. The highest BCUT2D eigenvalue weighted by Gasteiger charge is 2.38. The molecule has 5 heteroatoms. The molecule has 1 saturated heterocycles. The fourth-order valence-electron chi connectivity index (χ4n) is 4.28. The van der Waals surface area contributed by atoms with Crippen LogP contribution in [0.3, 0.4) is 0 Å². The molecule has 0 aromatic heterocycles. The number of fused-ring (bicyclic) bond motifs is 3. The van der Waals surface area contributed by atoms with Crippen LogP contribution < -0.4 is 9.47 Å². The molecular weight excluding hydrogens is 332 g/mol. The van der Waals surface area contributed by atoms with Crippen LogP contribution in [0.1, 0.15) is 58.5 Å². The number of hydrogen-bond acceptors (Lipinski definition) is 4. The summed E-state index contributed by atoms with van der Waals surface area (Å²) in [6.45, 7) is -1.41. The van der Waals surface area contributed by atoms with Crippen LogP contribution in [0.25, 0.3) is 0 Å². The van der Waals surface area contributed by atoms with E-state index in [9.17, 15) is 9.50 Å². The Bertz CT molecular complexity index is 832. The van der Waals surface area contributed by atoms with Crippen molar-refractivity contribution < 1.29 is 27.2 Å². The van der Waals surface area contributed by atoms with E-state index < -0.39 is 25.7 Å². The summed E-state index contributed by atoms with van der Waals surface area (Å²) in [4.78, 5) is 2.34. The molecule has 0 radical (unpaired) electrons. The van der Waals surface area contributed by atoms with Crippen LogP contribution in [-0.2, 0) is 6.42 Å². The van der Waals surface area contributed by atoms with Crippen molar-refractivity contribution >= 4 is 0 Å². The molecule has 0 saturated carbocycles. The van der Waals surface area contributed by atoms with Crippen LogP contribution in [0.4, 0.5) is 4.39 Å². The zero-order valence-electron chi connectivity index (χ0n) is 21.6. The predicted molar refractivity (Wildman–Crippen MR) is 101 cm³/mol. The van der Waals surface area contributed by atoms with E-state index in [4.69, 9.17) is 17.7 Å². The number of nitrogens with zero attached hydrogens (tertiary/aromatic N) is 1. The fraction of sp³-hybridized carbons (Fsp3) is 0.714. The van der Waals surface area contributed by atoms with Crippen molar-refractivity contribution in [2.24, 2.45) is 11.8 Å². The van der Waals surface area contributed by atoms with E-state index >= 15 is 0 Å². The van der Waals surface area contributed by atoms with Crippen molar-refractivity contribution in [3.8, 4) is 11.5 Å². The monoisotopic (exact) mass is 370 g/mol. The lowest BCUT2D eigenvalue weighted by atomic mass is 9.79. The van der Waals surface area contributed by atoms with E-state index in [0.29, 0.717) is 18.8 Å². The molecule has 0 spiro atoms. The van der Waals surface area contributed by atoms with Gasteiger partial charge in [0.05, 0.1) is 31.9 Å². The molecule has 0 bridgehead atoms. The van der Waals surface area contributed by atoms with Gasteiger partial charge in [0.15, 0.2) is 11.5 Å². The first-order chi connectivity index (χ1) is 14.7. The second-order valence-corrected chi connectivity index (χ2v) is 7.58. The summed E-state index contributed by atoms with van der Waals surface area (Å²) < 4.78 is 69.3. The van der Waals surface area contributed by atoms with Crippen LogP contribution in [-0.4, -0.2) is 49.5 Å². The Labute approximate surface area is 164 Å². The standard InChI is InChI=1S/C21H32FNO3/c1-14(2)9-16-13-23-7-5-15-10-21(26-8-4-6-22)20(25-3)11-17(15)18(23)12-19(16)24/h10-11,14,16,18-19,24H,4-9,12-13H2,1-3H3/t16-,18-,19-/m1/s1/i4D2,6D2,8D2,22-1. The number of ether oxygens (including phenoxy) is 2. The molecule has 2 aliphatic rings. The van der Waals surface area contributed by atoms with Crippen LogP contribution in [0.15, 0.2) is 12.1 Å². The SMILES string of the molecule is [2H]C([2H])([18F])C([2H])([2H])C([2H])([2H])Oc1cc2c(cc1OC)[C@H]1C[C@@H](O)[C@H](CC(C)C)CN1CC2. The van der Waals surface area contributed by atoms with Crippen molar-refractivity contribution in [3.05, 3.63) is 23.3 Å². The highest BCUT2D eigenvalue weighted by Crippen LogP contribution is 2.43. The molecular formula is C21H32FNO3. The molecule has 4 nitrogen and oxygen atoms in total. The maximum Gasteiger partial charge on any atom is 0.161 e. The van der Waals surface area contributed by atoms with E-state index in [1.165, 1.54) is 7.11 Å². The molecule has 3 atom stereocenters. The minimum atomic E-state index is -3.96. The van der Waals surface area contributed by atoms with Gasteiger partial charge < -0.3 is 14.6 Å². The summed E-state index contributed by atoms with van der Waals surface area (Å²) in [6, 6.07) is 3.23. The zero-order chi connectivity index (χ0) is 24.1. The molecule has 3 rings (SSSR count). The van der Waals surface area contributed by atoms with Crippen molar-refractivity contribution in [1.82, 2.24) is 4.90 Å². The van der Waals surface area contributed by atoms with Crippen molar-refractivity contribution in [3.63, 3.8) is 0 Å². The van der Waals surface area contributed by atoms with E-state index in [-0.39, 0.29) is 23.5 Å². The van der Waals surface area contributed by atoms with Crippen molar-refractivity contribution in [2.75, 3.05) is 33.4 Å². The molecule has 0 aliphatic carbocycles. The summed E-state index contributed by atoms with van der Waals surface area (Å²) in [5, 5.41) is 10.7. The van der Waals surface area contributed by atoms with Gasteiger partial charge in [-0.15, -0.1) is 0 Å². The quantitative estimate of drug-likeness (QED) is 0.793. The summed E-state index contributed by atoms with van der Waals surface area (Å²) in [6.07, 6.45) is -1.82. The average molecular weight is 371 g/mol. The van der Waals surface area contributed by atoms with Crippen LogP contribution in [0.5, 0.6) is 11.5 Å². The first kappa shape index (κ1) is 12.9. The van der Waals surface area contributed by atoms with Crippen LogP contribution in [0, 0.1) is 11.8 Å². The number of halogens is 1. The van der Waals surface area contributed by atoms with Gasteiger partial charge in [0.1, 0.15) is 0 Å². The second kappa shape index (κ2) is 8.57. The molecule has 0 unspecified atom stereocenters. The zero-order valence-corrected chi connectivity index (χ0v) is 15.6. The average Bonchev–Trinajstić information content (AvgIpc) is 2.66. The molecule has 1 fully saturated rings. The van der Waals surface area contributed by atoms with Crippen molar-refractivity contribution in [1.29, 1.82) is 0 Å². The van der Waals surface area contributed by atoms with E-state index in [0.717, 1.165) is 30.6 Å². The maximum absolute atomic E-state index is 13.7. The Hall–Kier alpha value is -1.33. The number of rotatable bonds is 7. The second-order valence-electron chi connectivity index (χ2n) is 7.58. The number of methoxy groups -OCH3 is 1. The number of aliphatic hydroxyl groups is 1. The Morgan fingerprint density at radius 2 is 2.19 bits per heavy atom. The highest BCUT2D eigenvalue weighted by atomic mass is 18.2. The summed E-state index contributed by atoms with van der Waals surface area (Å²) in [5.41, 5.74) is 1.79. The number of aliphatic hydroxyl groups excluding tert-OH is 1. The lowest BCUT2D eigenvalue weighted by molar-refractivity contribution is -0.0191. The minimum absolute atomic E-state index is 0.0247. The smallest absolute Gasteiger partial charge is 0.161 e. The fourth-order valence-corrected chi connectivity index (χ4v) is 4.28. The molecule has 1 aromatic carbocycles. The van der Waals surface area contributed by atoms with Crippen LogP contribution >= 0.6 is 0 Å². The Morgan fingerprint density at radius 3 is 2.88 bits per heavy atom. The van der Waals surface area contributed by atoms with Gasteiger partial charge in [-0.3, -0.25) is 9.29 Å². The third-order valence-corrected chi connectivity index (χ3v) is 5.40. The molecule has 0 amide bonds. The third kappa shape index (κ3) is 4.15. The molecule has 146 valence electrons. The lowest BCUT2D eigenvalue weighted by Crippen LogP contribution is -2.48. The van der Waals surface area contributed by atoms with Gasteiger partial charge in [-0.25, -0.2) is 0 Å². The van der Waals surface area contributed by atoms with Gasteiger partial charge in [-0.05, 0) is 54.4 Å². The summed E-state index contributed by atoms with van der Waals surface area (Å²) >= 11 is 0. The highest BCUT2D eigenvalue weighted by molar-refractivity contribution is 5.49. The predicted octanol–water partition coefficient (Wildman–Crippen LogP) is 3.76. The van der Waals surface area contributed by atoms with E-state index in [1.54, 1.807) is 12.1 Å². The van der Waals surface area contributed by atoms with Gasteiger partial charge in [0.25, 0.3) is 0 Å². The summed E-state index contributed by atoms with van der Waals surface area (Å²) in [5.74, 6) is 0.729. The Balaban J connectivity index is 1.90. The molecule has 26 heavy (non-hydrogen) atoms. The maximum atomic E-state index is 13.7. The van der Waals surface area contributed by atoms with Gasteiger partial charge in [0, 0.05) is 28.2 Å². The topological polar surface area (TPSA) is 41.9 Å². The minimum Gasteiger partial charge on any atom is -0.493 e. The Morgan fingerprint density at radius 1 is 1.38 bits per heavy atom. The number of hydrogen-bond donors (Lipinski definition) is 1. The van der Waals surface area contributed by atoms with Gasteiger partial charge in [-0.1, -0.05) is 13.8 Å². The van der Waals surface area contributed by atoms with Gasteiger partial charge >= 0.3 is 0 Å². The van der Waals surface area contributed by atoms with E-state index in [2.05, 4.69) is 18.7 Å². The van der Waals surface area contributed by atoms with Gasteiger partial charge in [0.2, 0.25) is 0 Å². The van der Waals surface area contributed by atoms with Crippen LogP contribution in [0.2, 0.25) is 0 Å². The number of benzene rings is 1. The first-order valence-corrected chi connectivity index (χ1v) is 9.18. The van der Waals surface area contributed by atoms with E-state index in [1.807, 2.05) is 0 Å². The number of alkyl halides is 1. The Kier molecular flexibility index (Phi) is 4.27. The molecule has 2 heterocycles. The summed E-state index contributed by atoms with van der Waals surface area (Å²) in [7, 11) is 1.36. The van der Waals surface area contributed by atoms with Gasteiger partial charge in [-0.2, -0.15) is 0 Å². The molecule has 1 aromatic rings.